The van der Waals surface area contributed by atoms with Crippen LogP contribution in [0.1, 0.15) is 31.0 Å². The second kappa shape index (κ2) is 12.8. The Morgan fingerprint density at radius 1 is 0.969 bits per heavy atom. The van der Waals surface area contributed by atoms with Gasteiger partial charge in [0.15, 0.2) is 0 Å². The van der Waals surface area contributed by atoms with Gasteiger partial charge in [-0.1, -0.05) is 66.2 Å². The van der Waals surface area contributed by atoms with Crippen molar-refractivity contribution in [3.05, 3.63) is 82.9 Å². The van der Waals surface area contributed by atoms with Gasteiger partial charge in [-0.2, -0.15) is 0 Å². The summed E-state index contributed by atoms with van der Waals surface area (Å²) < 4.78 is 10.4. The van der Waals surface area contributed by atoms with E-state index in [-0.39, 0.29) is 24.7 Å². The molecule has 1 aliphatic rings. The van der Waals surface area contributed by atoms with Gasteiger partial charge >= 0.3 is 5.97 Å². The first-order valence-electron chi connectivity index (χ1n) is 11.2. The zero-order chi connectivity index (χ0) is 22.8. The van der Waals surface area contributed by atoms with E-state index < -0.39 is 0 Å². The number of carbonyl (C=O) groups excluding carboxylic acids is 1. The fourth-order valence-corrected chi connectivity index (χ4v) is 4.02. The van der Waals surface area contributed by atoms with E-state index in [1.54, 1.807) is 0 Å². The van der Waals surface area contributed by atoms with Gasteiger partial charge in [0.25, 0.3) is 0 Å². The molecule has 3 rings (SSSR count). The molecule has 32 heavy (non-hydrogen) atoms. The third-order valence-electron chi connectivity index (χ3n) is 5.40. The first kappa shape index (κ1) is 24.5. The molecule has 2 aromatic rings. The summed E-state index contributed by atoms with van der Waals surface area (Å²) in [6.45, 7) is 8.94. The van der Waals surface area contributed by atoms with Crippen LogP contribution in [0.2, 0.25) is 5.02 Å². The number of nitrogens with zero attached hydrogens (tertiary/aromatic N) is 2. The lowest BCUT2D eigenvalue weighted by Gasteiger charge is -2.39. The molecule has 0 bridgehead atoms. The average molecular weight is 457 g/mol. The van der Waals surface area contributed by atoms with Crippen LogP contribution in [-0.2, 0) is 14.3 Å². The quantitative estimate of drug-likeness (QED) is 0.297. The molecular formula is C26H33ClN2O3. The standard InChI is InChI=1S/C26H33ClN2O3/c1-21(2)32-25(30)20-31-19-7-6-14-28-15-17-29(18-16-28)26(22-8-4-3-5-9-22)23-10-12-24(27)13-11-23/h3-13,21,26H,14-20H2,1-2H3/b7-6-/t26-/m1/s1. The minimum Gasteiger partial charge on any atom is -0.461 e. The van der Waals surface area contributed by atoms with Crippen LogP contribution < -0.4 is 0 Å². The minimum absolute atomic E-state index is 0.00718. The van der Waals surface area contributed by atoms with Crippen LogP contribution in [0, 0.1) is 0 Å². The van der Waals surface area contributed by atoms with E-state index in [1.165, 1.54) is 11.1 Å². The molecule has 1 saturated heterocycles. The molecule has 0 N–H and O–H groups in total. The highest BCUT2D eigenvalue weighted by molar-refractivity contribution is 6.30. The Bertz CT molecular complexity index is 847. The van der Waals surface area contributed by atoms with Gasteiger partial charge in [0.1, 0.15) is 6.61 Å². The van der Waals surface area contributed by atoms with Gasteiger partial charge < -0.3 is 9.47 Å². The zero-order valence-electron chi connectivity index (χ0n) is 19.0. The number of esters is 1. The number of benzene rings is 2. The maximum atomic E-state index is 11.5. The van der Waals surface area contributed by atoms with E-state index in [0.717, 1.165) is 37.7 Å². The highest BCUT2D eigenvalue weighted by Crippen LogP contribution is 2.30. The van der Waals surface area contributed by atoms with E-state index in [1.807, 2.05) is 32.1 Å². The van der Waals surface area contributed by atoms with Crippen LogP contribution in [0.25, 0.3) is 0 Å². The lowest BCUT2D eigenvalue weighted by Crippen LogP contribution is -2.47. The molecule has 172 valence electrons. The number of piperazine rings is 1. The van der Waals surface area contributed by atoms with Gasteiger partial charge in [-0.25, -0.2) is 4.79 Å². The summed E-state index contributed by atoms with van der Waals surface area (Å²) in [7, 11) is 0. The molecule has 0 radical (unpaired) electrons. The van der Waals surface area contributed by atoms with Crippen LogP contribution >= 0.6 is 11.6 Å². The molecular weight excluding hydrogens is 424 g/mol. The van der Waals surface area contributed by atoms with Gasteiger partial charge in [0.2, 0.25) is 0 Å². The molecule has 5 nitrogen and oxygen atoms in total. The van der Waals surface area contributed by atoms with Crippen molar-refractivity contribution in [1.29, 1.82) is 0 Å². The first-order valence-corrected chi connectivity index (χ1v) is 11.6. The monoisotopic (exact) mass is 456 g/mol. The fourth-order valence-electron chi connectivity index (χ4n) is 3.90. The Morgan fingerprint density at radius 3 is 2.28 bits per heavy atom. The van der Waals surface area contributed by atoms with E-state index in [4.69, 9.17) is 21.1 Å². The van der Waals surface area contributed by atoms with Crippen molar-refractivity contribution >= 4 is 17.6 Å². The molecule has 6 heteroatoms. The summed E-state index contributed by atoms with van der Waals surface area (Å²) in [5, 5.41) is 0.762. The molecule has 0 spiro atoms. The maximum absolute atomic E-state index is 11.5. The largest absolute Gasteiger partial charge is 0.461 e. The molecule has 0 unspecified atom stereocenters. The van der Waals surface area contributed by atoms with Crippen LogP contribution in [0.3, 0.4) is 0 Å². The van der Waals surface area contributed by atoms with Crippen LogP contribution in [0.4, 0.5) is 0 Å². The normalized spacial score (nSPS) is 16.5. The SMILES string of the molecule is CC(C)OC(=O)COC/C=C\CN1CCN([C@H](c2ccccc2)c2ccc(Cl)cc2)CC1. The lowest BCUT2D eigenvalue weighted by atomic mass is 9.96. The summed E-state index contributed by atoms with van der Waals surface area (Å²) in [5.74, 6) is -0.321. The van der Waals surface area contributed by atoms with Crippen LogP contribution in [0.5, 0.6) is 0 Å². The van der Waals surface area contributed by atoms with Gasteiger partial charge in [-0.3, -0.25) is 9.80 Å². The van der Waals surface area contributed by atoms with E-state index in [9.17, 15) is 4.79 Å². The second-order valence-corrected chi connectivity index (χ2v) is 8.66. The van der Waals surface area contributed by atoms with E-state index in [2.05, 4.69) is 58.3 Å². The Labute approximate surface area is 196 Å². The Kier molecular flexibility index (Phi) is 9.75. The summed E-state index contributed by atoms with van der Waals surface area (Å²) in [5.41, 5.74) is 2.57. The number of ether oxygens (including phenoxy) is 2. The van der Waals surface area contributed by atoms with Crippen molar-refractivity contribution in [1.82, 2.24) is 9.80 Å². The van der Waals surface area contributed by atoms with Crippen molar-refractivity contribution in [2.75, 3.05) is 45.9 Å². The predicted octanol–water partition coefficient (Wildman–Crippen LogP) is 4.57. The smallest absolute Gasteiger partial charge is 0.332 e. The molecule has 2 aromatic carbocycles. The number of carbonyl (C=O) groups is 1. The molecule has 1 fully saturated rings. The number of hydrogen-bond acceptors (Lipinski definition) is 5. The molecule has 1 atom stereocenters. The molecule has 0 aliphatic carbocycles. The Morgan fingerprint density at radius 2 is 1.62 bits per heavy atom. The predicted molar refractivity (Wildman–Crippen MR) is 129 cm³/mol. The van der Waals surface area contributed by atoms with Crippen LogP contribution in [0.15, 0.2) is 66.7 Å². The number of hydrogen-bond donors (Lipinski definition) is 0. The molecule has 0 aromatic heterocycles. The van der Waals surface area contributed by atoms with Crippen LogP contribution in [-0.4, -0.2) is 67.8 Å². The van der Waals surface area contributed by atoms with E-state index in [0.29, 0.717) is 6.61 Å². The summed E-state index contributed by atoms with van der Waals surface area (Å²) >= 11 is 6.12. The first-order chi connectivity index (χ1) is 15.5. The average Bonchev–Trinajstić information content (AvgIpc) is 2.79. The van der Waals surface area contributed by atoms with E-state index >= 15 is 0 Å². The molecule has 0 amide bonds. The Hall–Kier alpha value is -2.18. The van der Waals surface area contributed by atoms with Gasteiger partial charge in [-0.15, -0.1) is 0 Å². The van der Waals surface area contributed by atoms with Crippen molar-refractivity contribution in [3.63, 3.8) is 0 Å². The summed E-state index contributed by atoms with van der Waals surface area (Å²) in [6.07, 6.45) is 3.97. The molecule has 0 saturated carbocycles. The topological polar surface area (TPSA) is 42.0 Å². The number of rotatable bonds is 10. The van der Waals surface area contributed by atoms with Gasteiger partial charge in [0.05, 0.1) is 18.8 Å². The van der Waals surface area contributed by atoms with Crippen molar-refractivity contribution < 1.29 is 14.3 Å². The minimum atomic E-state index is -0.321. The third-order valence-corrected chi connectivity index (χ3v) is 5.66. The zero-order valence-corrected chi connectivity index (χ0v) is 19.7. The van der Waals surface area contributed by atoms with Gasteiger partial charge in [0, 0.05) is 37.7 Å². The maximum Gasteiger partial charge on any atom is 0.332 e. The lowest BCUT2D eigenvalue weighted by molar-refractivity contribution is -0.152. The highest BCUT2D eigenvalue weighted by atomic mass is 35.5. The molecule has 1 heterocycles. The summed E-state index contributed by atoms with van der Waals surface area (Å²) in [4.78, 5) is 16.4. The van der Waals surface area contributed by atoms with Crippen molar-refractivity contribution in [3.8, 4) is 0 Å². The van der Waals surface area contributed by atoms with Crippen molar-refractivity contribution in [2.45, 2.75) is 26.0 Å². The van der Waals surface area contributed by atoms with Gasteiger partial charge in [-0.05, 0) is 37.1 Å². The highest BCUT2D eigenvalue weighted by Gasteiger charge is 2.26. The molecule has 1 aliphatic heterocycles. The summed E-state index contributed by atoms with van der Waals surface area (Å²) in [6, 6.07) is 19.1. The number of halogens is 1. The Balaban J connectivity index is 1.48. The van der Waals surface area contributed by atoms with Crippen molar-refractivity contribution in [2.24, 2.45) is 0 Å². The third kappa shape index (κ3) is 7.75. The second-order valence-electron chi connectivity index (χ2n) is 8.23. The fraction of sp³-hybridized carbons (Fsp3) is 0.423.